The lowest BCUT2D eigenvalue weighted by atomic mass is 10.1. The number of nitriles is 1. The largest absolute Gasteiger partial charge is 0.493 e. The van der Waals surface area contributed by atoms with E-state index in [0.29, 0.717) is 45.6 Å². The van der Waals surface area contributed by atoms with Gasteiger partial charge in [-0.25, -0.2) is 5.90 Å². The summed E-state index contributed by atoms with van der Waals surface area (Å²) in [5.41, 5.74) is 6.44. The Hall–Kier alpha value is -3.83. The van der Waals surface area contributed by atoms with Crippen molar-refractivity contribution in [1.82, 2.24) is 0 Å². The van der Waals surface area contributed by atoms with Crippen LogP contribution in [0.15, 0.2) is 29.4 Å². The van der Waals surface area contributed by atoms with Gasteiger partial charge >= 0.3 is 0 Å². The molecule has 0 aliphatic rings. The van der Waals surface area contributed by atoms with Crippen molar-refractivity contribution in [2.24, 2.45) is 16.8 Å². The van der Waals surface area contributed by atoms with Crippen molar-refractivity contribution in [2.45, 2.75) is 6.92 Å². The van der Waals surface area contributed by atoms with Crippen molar-refractivity contribution in [3.63, 3.8) is 0 Å². The molecule has 0 aliphatic carbocycles. The highest BCUT2D eigenvalue weighted by Crippen LogP contribution is 2.38. The molecule has 0 aromatic heterocycles. The van der Waals surface area contributed by atoms with E-state index >= 15 is 0 Å². The highest BCUT2D eigenvalue weighted by atomic mass is 35.5. The van der Waals surface area contributed by atoms with Crippen LogP contribution < -0.4 is 40.1 Å². The summed E-state index contributed by atoms with van der Waals surface area (Å²) in [5, 5.41) is 34.3. The molecule has 36 heavy (non-hydrogen) atoms. The Morgan fingerprint density at radius 3 is 1.33 bits per heavy atom. The maximum atomic E-state index is 8.74. The Morgan fingerprint density at radius 1 is 0.806 bits per heavy atom. The molecule has 2 rings (SSSR count). The summed E-state index contributed by atoms with van der Waals surface area (Å²) in [6.45, 7) is 1.93. The molecular formula is C22H35ClN4O9. The Bertz CT molecular complexity index is 904. The van der Waals surface area contributed by atoms with E-state index in [1.54, 1.807) is 31.2 Å². The van der Waals surface area contributed by atoms with Crippen LogP contribution in [0.4, 0.5) is 0 Å². The van der Waals surface area contributed by atoms with Crippen LogP contribution in [0, 0.1) is 11.3 Å². The number of benzene rings is 2. The van der Waals surface area contributed by atoms with Crippen molar-refractivity contribution in [2.75, 3.05) is 49.3 Å². The Morgan fingerprint density at radius 2 is 1.11 bits per heavy atom. The minimum Gasteiger partial charge on any atom is -0.493 e. The fraction of sp³-hybridized carbons (Fsp3) is 0.364. The molecule has 0 atom stereocenters. The summed E-state index contributed by atoms with van der Waals surface area (Å²) in [6, 6.07) is 8.40. The number of aliphatic hydroxyl groups excluding tert-OH is 1. The lowest BCUT2D eigenvalue weighted by Crippen LogP contribution is -2.13. The fourth-order valence-electron chi connectivity index (χ4n) is 2.43. The van der Waals surface area contributed by atoms with Crippen LogP contribution in [0.3, 0.4) is 0 Å². The predicted octanol–water partition coefficient (Wildman–Crippen LogP) is 2.15. The number of hydrogen-bond acceptors (Lipinski definition) is 12. The molecule has 0 heterocycles. The van der Waals surface area contributed by atoms with Gasteiger partial charge < -0.3 is 49.7 Å². The highest BCUT2D eigenvalue weighted by Gasteiger charge is 2.15. The van der Waals surface area contributed by atoms with Gasteiger partial charge in [0.05, 0.1) is 54.3 Å². The summed E-state index contributed by atoms with van der Waals surface area (Å²) < 4.78 is 30.6. The van der Waals surface area contributed by atoms with Crippen LogP contribution in [0.2, 0.25) is 0 Å². The van der Waals surface area contributed by atoms with E-state index in [-0.39, 0.29) is 24.8 Å². The molecule has 2 aromatic carbocycles. The molecule has 0 amide bonds. The second kappa shape index (κ2) is 21.7. The standard InChI is InChI=1S/C10H14N2O4.C10H11NO3.C2H6O.ClH.H3NO/c1-14-7-4-6(10(11)12-13)5-8(15-2)9(7)16-3;1-12-8-4-7(6-11)5-9(13-2)10(8)14-3;1-2-3;;1-2/h4-5,13H,1-3H3,(H2,11,12);4-5H,1-3H3;3H,2H2,1H3;1H;2H,1H2. The number of amidine groups is 1. The summed E-state index contributed by atoms with van der Waals surface area (Å²) in [5.74, 6) is 6.30. The smallest absolute Gasteiger partial charge is 0.203 e. The minimum absolute atomic E-state index is 0. The molecule has 13 nitrogen and oxygen atoms in total. The maximum Gasteiger partial charge on any atom is 0.203 e. The lowest BCUT2D eigenvalue weighted by Gasteiger charge is -2.13. The van der Waals surface area contributed by atoms with E-state index in [1.807, 2.05) is 6.07 Å². The van der Waals surface area contributed by atoms with Crippen molar-refractivity contribution >= 4 is 18.2 Å². The van der Waals surface area contributed by atoms with Gasteiger partial charge in [0.2, 0.25) is 11.5 Å². The van der Waals surface area contributed by atoms with E-state index in [2.05, 4.69) is 11.1 Å². The molecule has 0 radical (unpaired) electrons. The van der Waals surface area contributed by atoms with Gasteiger partial charge in [0.15, 0.2) is 28.8 Å². The van der Waals surface area contributed by atoms with Gasteiger partial charge in [-0.1, -0.05) is 5.16 Å². The second-order valence-electron chi connectivity index (χ2n) is 5.74. The van der Waals surface area contributed by atoms with Crippen molar-refractivity contribution < 1.29 is 43.9 Å². The van der Waals surface area contributed by atoms with Crippen LogP contribution in [0.5, 0.6) is 34.5 Å². The van der Waals surface area contributed by atoms with E-state index < -0.39 is 0 Å². The third-order valence-electron chi connectivity index (χ3n) is 3.86. The molecule has 0 fully saturated rings. The first-order chi connectivity index (χ1) is 16.8. The van der Waals surface area contributed by atoms with Gasteiger partial charge in [0.25, 0.3) is 0 Å². The molecule has 204 valence electrons. The molecule has 0 spiro atoms. The number of hydrogen-bond donors (Lipinski definition) is 5. The van der Waals surface area contributed by atoms with E-state index in [4.69, 9.17) is 54.9 Å². The average Bonchev–Trinajstić information content (AvgIpc) is 2.92. The number of nitrogens with zero attached hydrogens (tertiary/aromatic N) is 2. The molecule has 0 saturated heterocycles. The number of halogens is 1. The second-order valence-corrected chi connectivity index (χ2v) is 5.74. The zero-order chi connectivity index (χ0) is 27.4. The first-order valence-electron chi connectivity index (χ1n) is 9.70. The number of aliphatic hydroxyl groups is 1. The summed E-state index contributed by atoms with van der Waals surface area (Å²) in [6.07, 6.45) is 0. The fourth-order valence-corrected chi connectivity index (χ4v) is 2.43. The van der Waals surface area contributed by atoms with E-state index in [1.165, 1.54) is 42.7 Å². The maximum absolute atomic E-state index is 8.74. The van der Waals surface area contributed by atoms with E-state index in [0.717, 1.165) is 0 Å². The Kier molecular flexibility index (Phi) is 22.1. The first kappa shape index (κ1) is 36.7. The first-order valence-corrected chi connectivity index (χ1v) is 9.70. The Balaban J connectivity index is -0.000000504. The Labute approximate surface area is 216 Å². The SMILES string of the molecule is CCO.COc1cc(/C(N)=N/O)cc(OC)c1OC.COc1cc(C#N)cc(OC)c1OC.Cl.NO. The molecule has 14 heteroatoms. The number of rotatable bonds is 7. The predicted molar refractivity (Wildman–Crippen MR) is 135 cm³/mol. The monoisotopic (exact) mass is 534 g/mol. The van der Waals surface area contributed by atoms with Crippen LogP contribution >= 0.6 is 12.4 Å². The zero-order valence-electron chi connectivity index (χ0n) is 21.3. The molecule has 0 saturated carbocycles. The van der Waals surface area contributed by atoms with Crippen molar-refractivity contribution in [3.05, 3.63) is 35.4 Å². The third kappa shape index (κ3) is 11.1. The normalized spacial score (nSPS) is 9.08. The van der Waals surface area contributed by atoms with Gasteiger partial charge in [-0.3, -0.25) is 0 Å². The van der Waals surface area contributed by atoms with Gasteiger partial charge in [0, 0.05) is 24.3 Å². The number of methoxy groups -OCH3 is 6. The summed E-state index contributed by atoms with van der Waals surface area (Å²) >= 11 is 0. The average molecular weight is 535 g/mol. The summed E-state index contributed by atoms with van der Waals surface area (Å²) in [7, 11) is 9.04. The summed E-state index contributed by atoms with van der Waals surface area (Å²) in [4.78, 5) is 0. The lowest BCUT2D eigenvalue weighted by molar-refractivity contribution is 0.311. The van der Waals surface area contributed by atoms with Gasteiger partial charge in [-0.05, 0) is 19.1 Å². The van der Waals surface area contributed by atoms with Crippen LogP contribution in [-0.4, -0.2) is 70.6 Å². The van der Waals surface area contributed by atoms with Crippen LogP contribution in [-0.2, 0) is 0 Å². The molecule has 0 aliphatic heterocycles. The van der Waals surface area contributed by atoms with E-state index in [9.17, 15) is 0 Å². The van der Waals surface area contributed by atoms with Crippen LogP contribution in [0.25, 0.3) is 0 Å². The van der Waals surface area contributed by atoms with Gasteiger partial charge in [-0.2, -0.15) is 5.26 Å². The third-order valence-corrected chi connectivity index (χ3v) is 3.86. The number of oxime groups is 1. The highest BCUT2D eigenvalue weighted by molar-refractivity contribution is 5.98. The topological polar surface area (TPSA) is 204 Å². The van der Waals surface area contributed by atoms with Gasteiger partial charge in [0.1, 0.15) is 0 Å². The number of nitrogens with two attached hydrogens (primary N) is 2. The molecular weight excluding hydrogens is 500 g/mol. The quantitative estimate of drug-likeness (QED) is 0.150. The molecule has 0 bridgehead atoms. The molecule has 2 aromatic rings. The van der Waals surface area contributed by atoms with Crippen molar-refractivity contribution in [1.29, 1.82) is 5.26 Å². The van der Waals surface area contributed by atoms with Crippen molar-refractivity contribution in [3.8, 4) is 40.6 Å². The molecule has 7 N–H and O–H groups in total. The van der Waals surface area contributed by atoms with Gasteiger partial charge in [-0.15, -0.1) is 12.4 Å². The number of ether oxygens (including phenoxy) is 6. The minimum atomic E-state index is -0.0285. The van der Waals surface area contributed by atoms with Crippen LogP contribution in [0.1, 0.15) is 18.1 Å². The zero-order valence-corrected chi connectivity index (χ0v) is 22.1. The molecule has 0 unspecified atom stereocenters.